The van der Waals surface area contributed by atoms with Crippen LogP contribution in [0.1, 0.15) is 33.7 Å². The highest BCUT2D eigenvalue weighted by Gasteiger charge is 2.21. The number of pyridine rings is 2. The van der Waals surface area contributed by atoms with Crippen molar-refractivity contribution in [3.05, 3.63) is 64.9 Å². The van der Waals surface area contributed by atoms with Crippen molar-refractivity contribution in [1.82, 2.24) is 20.2 Å². The minimum absolute atomic E-state index is 0.0427. The van der Waals surface area contributed by atoms with Crippen molar-refractivity contribution >= 4 is 17.2 Å². The molecule has 0 aromatic carbocycles. The van der Waals surface area contributed by atoms with Crippen molar-refractivity contribution in [3.63, 3.8) is 0 Å². The third-order valence-electron chi connectivity index (χ3n) is 4.18. The summed E-state index contributed by atoms with van der Waals surface area (Å²) in [4.78, 5) is 9.56. The normalized spacial score (nSPS) is 18.9. The van der Waals surface area contributed by atoms with E-state index in [1.54, 1.807) is 31.5 Å². The molecule has 0 aliphatic carbocycles. The average Bonchev–Trinajstić information content (AvgIpc) is 2.71. The van der Waals surface area contributed by atoms with E-state index in [1.807, 2.05) is 19.1 Å². The number of nitriles is 1. The van der Waals surface area contributed by atoms with Crippen molar-refractivity contribution in [2.45, 2.75) is 26.8 Å². The molecule has 0 saturated carbocycles. The van der Waals surface area contributed by atoms with E-state index in [2.05, 4.69) is 25.5 Å². The highest BCUT2D eigenvalue weighted by molar-refractivity contribution is 5.62. The molecular formula is C20H19N7. The first-order chi connectivity index (χ1) is 14.6. The Bertz CT molecular complexity index is 1210. The number of nitrogens with zero attached hydrogens (tertiary/aromatic N) is 6. The van der Waals surface area contributed by atoms with E-state index in [1.165, 1.54) is 6.07 Å². The first kappa shape index (κ1) is 12.8. The van der Waals surface area contributed by atoms with Gasteiger partial charge in [0, 0.05) is 34.0 Å². The summed E-state index contributed by atoms with van der Waals surface area (Å²) in [6.07, 6.45) is 3.11. The van der Waals surface area contributed by atoms with Crippen LogP contribution in [0, 0.1) is 25.2 Å². The minimum atomic E-state index is -2.26. The van der Waals surface area contributed by atoms with E-state index >= 15 is 0 Å². The lowest BCUT2D eigenvalue weighted by Gasteiger charge is -2.30. The monoisotopic (exact) mass is 361 g/mol. The maximum Gasteiger partial charge on any atom is 0.163 e. The van der Waals surface area contributed by atoms with Gasteiger partial charge in [0.2, 0.25) is 0 Å². The number of nitrogens with one attached hydrogen (secondary N) is 1. The molecule has 27 heavy (non-hydrogen) atoms. The van der Waals surface area contributed by atoms with E-state index in [0.717, 1.165) is 16.3 Å². The molecule has 3 aromatic heterocycles. The average molecular weight is 361 g/mol. The van der Waals surface area contributed by atoms with E-state index in [-0.39, 0.29) is 23.5 Å². The Morgan fingerprint density at radius 1 is 1.26 bits per heavy atom. The zero-order valence-corrected chi connectivity index (χ0v) is 14.9. The predicted molar refractivity (Wildman–Crippen MR) is 103 cm³/mol. The molecule has 7 nitrogen and oxygen atoms in total. The van der Waals surface area contributed by atoms with Gasteiger partial charge >= 0.3 is 0 Å². The summed E-state index contributed by atoms with van der Waals surface area (Å²) < 4.78 is 34.7. The molecule has 4 heterocycles. The Morgan fingerprint density at radius 2 is 2.15 bits per heavy atom. The van der Waals surface area contributed by atoms with Crippen molar-refractivity contribution in [2.24, 2.45) is 0 Å². The van der Waals surface area contributed by atoms with Gasteiger partial charge < -0.3 is 10.2 Å². The molecule has 3 aromatic rings. The molecule has 134 valence electrons. The lowest BCUT2D eigenvalue weighted by atomic mass is 10.0. The Kier molecular flexibility index (Phi) is 3.31. The maximum atomic E-state index is 9.04. The number of fused-ring (bicyclic) bond motifs is 1. The number of anilines is 3. The molecule has 1 aliphatic heterocycles. The first-order valence-corrected chi connectivity index (χ1v) is 8.36. The Morgan fingerprint density at radius 3 is 2.93 bits per heavy atom. The molecule has 0 saturated heterocycles. The zero-order valence-electron chi connectivity index (χ0n) is 18.9. The molecule has 0 fully saturated rings. The van der Waals surface area contributed by atoms with Crippen molar-refractivity contribution in [1.29, 1.82) is 5.26 Å². The molecular weight excluding hydrogens is 338 g/mol. The Balaban J connectivity index is 1.80. The predicted octanol–water partition coefficient (Wildman–Crippen LogP) is 3.06. The van der Waals surface area contributed by atoms with Gasteiger partial charge in [-0.05, 0) is 49.2 Å². The van der Waals surface area contributed by atoms with E-state index in [9.17, 15) is 0 Å². The summed E-state index contributed by atoms with van der Waals surface area (Å²) >= 11 is 0. The SMILES string of the molecule is [2H]C1([2H])Cc2ncc(Nc3cccnc3C)cc2C([2H])([2H])N1c1nnc(C#N)cc1C. The number of aromatic nitrogens is 4. The van der Waals surface area contributed by atoms with Gasteiger partial charge in [0.1, 0.15) is 6.07 Å². The topological polar surface area (TPSA) is 90.6 Å². The Hall–Kier alpha value is -3.53. The van der Waals surface area contributed by atoms with Gasteiger partial charge in [-0.15, -0.1) is 10.2 Å². The summed E-state index contributed by atoms with van der Waals surface area (Å²) in [7, 11) is 0. The molecule has 0 unspecified atom stereocenters. The molecule has 0 spiro atoms. The third kappa shape index (κ3) is 3.42. The summed E-state index contributed by atoms with van der Waals surface area (Å²) in [5, 5.41) is 20.0. The zero-order chi connectivity index (χ0) is 22.4. The number of hydrogen-bond donors (Lipinski definition) is 1. The summed E-state index contributed by atoms with van der Waals surface area (Å²) in [5.41, 5.74) is 3.21. The van der Waals surface area contributed by atoms with Crippen LogP contribution >= 0.6 is 0 Å². The smallest absolute Gasteiger partial charge is 0.163 e. The van der Waals surface area contributed by atoms with Crippen LogP contribution in [-0.2, 0) is 12.9 Å². The standard InChI is InChI=1S/C20H19N7/c1-13-8-16(10-21)25-26-20(13)27-7-5-19-15(12-27)9-17(11-23-19)24-18-4-3-6-22-14(18)2/h3-4,6,8-9,11,24H,5,7,12H2,1-2H3/i7D2,12D2. The van der Waals surface area contributed by atoms with Gasteiger partial charge in [0.25, 0.3) is 0 Å². The molecule has 0 atom stereocenters. The number of hydrogen-bond acceptors (Lipinski definition) is 7. The molecule has 0 radical (unpaired) electrons. The quantitative estimate of drug-likeness (QED) is 0.766. The van der Waals surface area contributed by atoms with Crippen LogP contribution < -0.4 is 10.2 Å². The molecule has 1 N–H and O–H groups in total. The fourth-order valence-corrected chi connectivity index (χ4v) is 2.77. The van der Waals surface area contributed by atoms with Gasteiger partial charge in [0.15, 0.2) is 11.5 Å². The fraction of sp³-hybridized carbons (Fsp3) is 0.250. The van der Waals surface area contributed by atoms with Crippen LogP contribution in [0.2, 0.25) is 0 Å². The van der Waals surface area contributed by atoms with Crippen LogP contribution in [0.4, 0.5) is 17.2 Å². The van der Waals surface area contributed by atoms with E-state index in [4.69, 9.17) is 10.7 Å². The van der Waals surface area contributed by atoms with Crippen LogP contribution in [-0.4, -0.2) is 26.7 Å². The van der Waals surface area contributed by atoms with Gasteiger partial charge in [-0.2, -0.15) is 5.26 Å². The minimum Gasteiger partial charge on any atom is -0.353 e. The first-order valence-electron chi connectivity index (χ1n) is 10.4. The second-order valence-corrected chi connectivity index (χ2v) is 6.11. The lowest BCUT2D eigenvalue weighted by Crippen LogP contribution is -2.32. The van der Waals surface area contributed by atoms with Crippen molar-refractivity contribution in [3.8, 4) is 6.07 Å². The summed E-state index contributed by atoms with van der Waals surface area (Å²) in [6, 6.07) is 8.63. The summed E-state index contributed by atoms with van der Waals surface area (Å²) in [6.45, 7) is -0.866. The number of rotatable bonds is 3. The second kappa shape index (κ2) is 7.00. The van der Waals surface area contributed by atoms with E-state index in [0.29, 0.717) is 16.9 Å². The fourth-order valence-electron chi connectivity index (χ4n) is 2.77. The lowest BCUT2D eigenvalue weighted by molar-refractivity contribution is 0.693. The highest BCUT2D eigenvalue weighted by Crippen LogP contribution is 2.27. The van der Waals surface area contributed by atoms with Gasteiger partial charge in [-0.25, -0.2) is 0 Å². The van der Waals surface area contributed by atoms with Crippen LogP contribution in [0.5, 0.6) is 0 Å². The summed E-state index contributed by atoms with van der Waals surface area (Å²) in [5.74, 6) is 0.0427. The highest BCUT2D eigenvalue weighted by atomic mass is 15.3. The molecule has 0 amide bonds. The second-order valence-electron chi connectivity index (χ2n) is 6.11. The van der Waals surface area contributed by atoms with Gasteiger partial charge in [-0.1, -0.05) is 0 Å². The molecule has 1 aliphatic rings. The van der Waals surface area contributed by atoms with Crippen LogP contribution in [0.25, 0.3) is 0 Å². The Labute approximate surface area is 163 Å². The molecule has 4 rings (SSSR count). The van der Waals surface area contributed by atoms with E-state index < -0.39 is 13.0 Å². The maximum absolute atomic E-state index is 9.04. The molecule has 7 heteroatoms. The van der Waals surface area contributed by atoms with Crippen LogP contribution in [0.3, 0.4) is 0 Å². The largest absolute Gasteiger partial charge is 0.353 e. The van der Waals surface area contributed by atoms with Gasteiger partial charge in [0.05, 0.1) is 26.0 Å². The van der Waals surface area contributed by atoms with Crippen molar-refractivity contribution in [2.75, 3.05) is 16.7 Å². The molecule has 0 bridgehead atoms. The third-order valence-corrected chi connectivity index (χ3v) is 4.18. The van der Waals surface area contributed by atoms with Gasteiger partial charge in [-0.3, -0.25) is 9.97 Å². The van der Waals surface area contributed by atoms with Crippen molar-refractivity contribution < 1.29 is 5.48 Å². The number of aryl methyl sites for hydroxylation is 3. The van der Waals surface area contributed by atoms with Crippen LogP contribution in [0.15, 0.2) is 36.7 Å².